The third-order valence-electron chi connectivity index (χ3n) is 19.3. The highest BCUT2D eigenvalue weighted by Crippen LogP contribution is 2.31. The minimum absolute atomic E-state index is 0.0335. The van der Waals surface area contributed by atoms with Crippen LogP contribution in [0.15, 0.2) is 103 Å². The number of nitrogens with one attached hydrogen (secondary N) is 6. The van der Waals surface area contributed by atoms with Gasteiger partial charge in [0.05, 0.1) is 42.9 Å². The molecule has 102 heavy (non-hydrogen) atoms. The van der Waals surface area contributed by atoms with Crippen LogP contribution in [0.25, 0.3) is 0 Å². The fraction of sp³-hybridized carbons (Fsp3) is 0.538. The van der Waals surface area contributed by atoms with Gasteiger partial charge >= 0.3 is 12.1 Å². The summed E-state index contributed by atoms with van der Waals surface area (Å²) in [6.45, 7) is 19.0. The molecule has 0 spiro atoms. The van der Waals surface area contributed by atoms with Crippen LogP contribution in [0, 0.1) is 41.4 Å². The van der Waals surface area contributed by atoms with Gasteiger partial charge in [0, 0.05) is 75.9 Å². The van der Waals surface area contributed by atoms with Crippen molar-refractivity contribution in [2.75, 3.05) is 44.5 Å². The van der Waals surface area contributed by atoms with Crippen molar-refractivity contribution in [2.24, 2.45) is 35.3 Å². The Hall–Kier alpha value is -9.34. The summed E-state index contributed by atoms with van der Waals surface area (Å²) in [6, 6.07) is 24.4. The van der Waals surface area contributed by atoms with Gasteiger partial charge in [-0.1, -0.05) is 153 Å². The summed E-state index contributed by atoms with van der Waals surface area (Å²) in [5.41, 5.74) is 10.1. The molecule has 1 unspecified atom stereocenters. The summed E-state index contributed by atoms with van der Waals surface area (Å²) >= 11 is 0. The van der Waals surface area contributed by atoms with E-state index in [-0.39, 0.29) is 80.9 Å². The smallest absolute Gasteiger partial charge is 0.410 e. The van der Waals surface area contributed by atoms with Gasteiger partial charge < -0.3 is 66.9 Å². The molecule has 0 radical (unpaired) electrons. The second kappa shape index (κ2) is 39.8. The molecule has 24 heteroatoms. The summed E-state index contributed by atoms with van der Waals surface area (Å²) in [4.78, 5) is 144. The number of nitrogens with zero attached hydrogens (tertiary/aromatic N) is 4. The number of fused-ring (bicyclic) bond motifs is 2. The molecule has 11 atom stereocenters. The molecule has 554 valence electrons. The van der Waals surface area contributed by atoms with Gasteiger partial charge in [-0.15, -0.1) is 0 Å². The maximum absolute atomic E-state index is 14.8. The minimum Gasteiger partial charge on any atom is -0.445 e. The molecule has 2 heterocycles. The standard InChI is InChI=1S/C78H109N11O13/c1-14-51(8)70(63(101-13)45-66(92)88-43-25-31-60(88)44-52(9)72(94)81-53(10)71(93)57-28-16-15-17-29-57)86(11)76(98)68(49(4)5)85-75(97)69(50(6)7)87(12)78(100)102-47-54-36-40-59(41-37-54)82-73(95)61(32-24-42-80-77(79)99)83-74(96)67(48(2)3)84-64(90)34-22-23-35-65(91)89-46-58-30-19-18-26-55(58)38-39-56-27-20-21-33-62(56)89/h15-21,26-30,33,36-37,40-41,48-53,60-61,63,67-71,93H,14,22-25,31-32,34-35,42-47H2,1-13H3,(H,81,94)(H,82,95)(H,83,96)(H,84,90)(H,85,97)(H3,79,80,99)/t51-,52+,53+,60-,61-,63+,67-,68-,69-,70?,71+/m0/s1. The summed E-state index contributed by atoms with van der Waals surface area (Å²) in [5.74, 6) is 1.54. The number of rotatable bonds is 36. The zero-order valence-electron chi connectivity index (χ0n) is 61.7. The van der Waals surface area contributed by atoms with Gasteiger partial charge in [-0.05, 0) is 123 Å². The highest BCUT2D eigenvalue weighted by Gasteiger charge is 2.42. The highest BCUT2D eigenvalue weighted by molar-refractivity contribution is 5.99. The van der Waals surface area contributed by atoms with Gasteiger partial charge in [0.1, 0.15) is 30.8 Å². The van der Waals surface area contributed by atoms with Crippen molar-refractivity contribution in [3.63, 3.8) is 0 Å². The van der Waals surface area contributed by atoms with E-state index in [0.717, 1.165) is 35.2 Å². The first-order chi connectivity index (χ1) is 48.5. The molecule has 2 aliphatic heterocycles. The van der Waals surface area contributed by atoms with E-state index in [1.807, 2.05) is 118 Å². The monoisotopic (exact) mass is 1410 g/mol. The molecule has 4 aromatic carbocycles. The van der Waals surface area contributed by atoms with E-state index in [4.69, 9.17) is 15.2 Å². The summed E-state index contributed by atoms with van der Waals surface area (Å²) < 4.78 is 11.8. The number of urea groups is 1. The number of carbonyl (C=O) groups is 10. The number of para-hydroxylation sites is 1. The number of hydrogen-bond acceptors (Lipinski definition) is 13. The van der Waals surface area contributed by atoms with Crippen molar-refractivity contribution >= 4 is 70.8 Å². The predicted molar refractivity (Wildman–Crippen MR) is 391 cm³/mol. The molecule has 4 aromatic rings. The lowest BCUT2D eigenvalue weighted by Gasteiger charge is -2.40. The van der Waals surface area contributed by atoms with E-state index in [9.17, 15) is 53.1 Å². The fourth-order valence-electron chi connectivity index (χ4n) is 13.2. The van der Waals surface area contributed by atoms with Gasteiger partial charge in [0.25, 0.3) is 0 Å². The fourth-order valence-corrected chi connectivity index (χ4v) is 13.2. The SMILES string of the molecule is CC[C@H](C)C([C@@H](CC(=O)N1CCC[C@H]1C[C@@H](C)C(=O)N[C@H](C)[C@@H](O)c1ccccc1)OC)N(C)C(=O)[C@@H](NC(=O)[C@H](C(C)C)N(C)C(=O)OCc1ccc(NC(=O)[C@H](CCCNC(N)=O)NC(=O)[C@@H](NC(=O)CCCCC(=O)N2Cc3ccccc3C#Cc3ccccc32)C(C)C)cc1)C(C)C. The Kier molecular flexibility index (Phi) is 31.8. The Labute approximate surface area is 602 Å². The number of aliphatic hydroxyl groups excluding tert-OH is 1. The number of benzene rings is 4. The number of carbonyl (C=O) groups excluding carboxylic acids is 10. The summed E-state index contributed by atoms with van der Waals surface area (Å²) in [5, 5.41) is 27.7. The number of anilines is 2. The Balaban J connectivity index is 1.01. The van der Waals surface area contributed by atoms with E-state index in [2.05, 4.69) is 43.7 Å². The van der Waals surface area contributed by atoms with Gasteiger partial charge in [-0.2, -0.15) is 0 Å². The molecule has 24 nitrogen and oxygen atoms in total. The quantitative estimate of drug-likeness (QED) is 0.0157. The predicted octanol–water partition coefficient (Wildman–Crippen LogP) is 8.47. The average Bonchev–Trinajstić information content (AvgIpc) is 0.844. The van der Waals surface area contributed by atoms with Crippen molar-refractivity contribution in [3.8, 4) is 11.8 Å². The lowest BCUT2D eigenvalue weighted by Crippen LogP contribution is -2.60. The topological polar surface area (TPSA) is 321 Å². The largest absolute Gasteiger partial charge is 0.445 e. The number of likely N-dealkylation sites (tertiary alicyclic amines) is 1. The normalized spacial score (nSPS) is 16.2. The molecular formula is C78H109N11O13. The maximum Gasteiger partial charge on any atom is 0.410 e. The van der Waals surface area contributed by atoms with Crippen LogP contribution in [0.3, 0.4) is 0 Å². The van der Waals surface area contributed by atoms with Gasteiger partial charge in [-0.25, -0.2) is 9.59 Å². The molecule has 0 aliphatic carbocycles. The van der Waals surface area contributed by atoms with Gasteiger partial charge in [0.2, 0.25) is 47.3 Å². The first-order valence-electron chi connectivity index (χ1n) is 35.9. The number of amides is 11. The molecule has 0 bridgehead atoms. The molecule has 11 amide bonds. The van der Waals surface area contributed by atoms with E-state index < -0.39 is 108 Å². The van der Waals surface area contributed by atoms with Crippen LogP contribution in [0.1, 0.15) is 174 Å². The number of hydrogen-bond donors (Lipinski definition) is 8. The van der Waals surface area contributed by atoms with Crippen molar-refractivity contribution in [3.05, 3.63) is 131 Å². The average molecular weight is 1410 g/mol. The number of ether oxygens (including phenoxy) is 2. The first-order valence-corrected chi connectivity index (χ1v) is 35.9. The van der Waals surface area contributed by atoms with Crippen molar-refractivity contribution in [2.45, 2.75) is 208 Å². The summed E-state index contributed by atoms with van der Waals surface area (Å²) in [7, 11) is 4.61. The van der Waals surface area contributed by atoms with Crippen LogP contribution in [-0.4, -0.2) is 162 Å². The van der Waals surface area contributed by atoms with Crippen LogP contribution >= 0.6 is 0 Å². The molecule has 1 fully saturated rings. The molecule has 0 saturated carbocycles. The number of nitrogens with two attached hydrogens (primary N) is 1. The molecule has 6 rings (SSSR count). The van der Waals surface area contributed by atoms with Gasteiger partial charge in [0.15, 0.2) is 0 Å². The third-order valence-corrected chi connectivity index (χ3v) is 19.3. The second-order valence-corrected chi connectivity index (χ2v) is 28.1. The molecule has 0 aromatic heterocycles. The second-order valence-electron chi connectivity index (χ2n) is 28.1. The highest BCUT2D eigenvalue weighted by atomic mass is 16.6. The number of aliphatic hydroxyl groups is 1. The first kappa shape index (κ1) is 81.6. The van der Waals surface area contributed by atoms with E-state index in [1.165, 1.54) is 19.1 Å². The lowest BCUT2D eigenvalue weighted by molar-refractivity contribution is -0.146. The maximum atomic E-state index is 14.8. The Bertz CT molecular complexity index is 3560. The summed E-state index contributed by atoms with van der Waals surface area (Å²) in [6.07, 6.45) is 1.42. The van der Waals surface area contributed by atoms with Crippen molar-refractivity contribution in [1.29, 1.82) is 0 Å². The van der Waals surface area contributed by atoms with Crippen molar-refractivity contribution < 1.29 is 62.5 Å². The molecule has 9 N–H and O–H groups in total. The van der Waals surface area contributed by atoms with Crippen LogP contribution in [0.4, 0.5) is 21.0 Å². The van der Waals surface area contributed by atoms with Gasteiger partial charge in [-0.3, -0.25) is 43.3 Å². The van der Waals surface area contributed by atoms with Crippen LogP contribution in [-0.2, 0) is 61.0 Å². The Morgan fingerprint density at radius 2 is 1.31 bits per heavy atom. The number of likely N-dealkylation sites (N-methyl/N-ethyl adjacent to an activating group) is 2. The number of primary amides is 1. The molecular weight excluding hydrogens is 1300 g/mol. The minimum atomic E-state index is -1.12. The number of methoxy groups -OCH3 is 1. The number of unbranched alkanes of at least 4 members (excludes halogenated alkanes) is 1. The Morgan fingerprint density at radius 3 is 1.96 bits per heavy atom. The van der Waals surface area contributed by atoms with Crippen molar-refractivity contribution in [1.82, 2.24) is 41.3 Å². The van der Waals surface area contributed by atoms with Crippen LogP contribution in [0.5, 0.6) is 0 Å². The lowest BCUT2D eigenvalue weighted by atomic mass is 9.89. The van der Waals surface area contributed by atoms with E-state index >= 15 is 0 Å². The van der Waals surface area contributed by atoms with Crippen LogP contribution < -0.4 is 42.5 Å². The van der Waals surface area contributed by atoms with E-state index in [0.29, 0.717) is 55.6 Å². The van der Waals surface area contributed by atoms with E-state index in [1.54, 1.807) is 75.7 Å². The molecule has 2 aliphatic rings. The Morgan fingerprint density at radius 1 is 0.676 bits per heavy atom. The van der Waals surface area contributed by atoms with Crippen LogP contribution in [0.2, 0.25) is 0 Å². The zero-order valence-corrected chi connectivity index (χ0v) is 61.7. The zero-order chi connectivity index (χ0) is 74.9. The third kappa shape index (κ3) is 23.4. The molecule has 1 saturated heterocycles.